The van der Waals surface area contributed by atoms with E-state index in [0.29, 0.717) is 19.3 Å². The molecule has 0 aromatic rings. The Kier molecular flexibility index (Phi) is 6.83. The number of allylic oxidation sites excluding steroid dienone is 4. The number of ether oxygens (including phenoxy) is 2. The highest BCUT2D eigenvalue weighted by atomic mass is 19.1. The number of carbonyl (C=O) groups is 2. The summed E-state index contributed by atoms with van der Waals surface area (Å²) in [4.78, 5) is 25.6. The van der Waals surface area contributed by atoms with Crippen LogP contribution in [0.5, 0.6) is 0 Å². The Bertz CT molecular complexity index is 1060. The first kappa shape index (κ1) is 28.0. The Balaban J connectivity index is 1.37. The van der Waals surface area contributed by atoms with E-state index in [-0.39, 0.29) is 24.5 Å². The lowest BCUT2D eigenvalue weighted by Crippen LogP contribution is -2.64. The highest BCUT2D eigenvalue weighted by molar-refractivity contribution is 6.01. The van der Waals surface area contributed by atoms with Gasteiger partial charge in [0.05, 0.1) is 6.61 Å². The van der Waals surface area contributed by atoms with E-state index in [4.69, 9.17) is 9.47 Å². The molecule has 1 unspecified atom stereocenters. The first-order chi connectivity index (χ1) is 17.7. The minimum absolute atomic E-state index is 0.131. The zero-order valence-corrected chi connectivity index (χ0v) is 22.0. The zero-order chi connectivity index (χ0) is 27.8. The van der Waals surface area contributed by atoms with Gasteiger partial charge in [-0.25, -0.2) is 4.39 Å². The summed E-state index contributed by atoms with van der Waals surface area (Å²) in [7, 11) is 0. The van der Waals surface area contributed by atoms with Crippen LogP contribution in [0.3, 0.4) is 0 Å². The summed E-state index contributed by atoms with van der Waals surface area (Å²) in [5.74, 6) is -1.92. The van der Waals surface area contributed by atoms with Crippen molar-refractivity contribution in [2.45, 2.75) is 94.9 Å². The molecule has 0 bridgehead atoms. The van der Waals surface area contributed by atoms with Gasteiger partial charge in [-0.15, -0.1) is 0 Å². The molecule has 0 aromatic carbocycles. The van der Waals surface area contributed by atoms with Crippen LogP contribution in [-0.2, 0) is 19.1 Å². The normalized spacial score (nSPS) is 52.1. The van der Waals surface area contributed by atoms with Gasteiger partial charge in [0.1, 0.15) is 42.3 Å². The molecule has 0 radical (unpaired) electrons. The molecule has 1 aliphatic heterocycles. The number of hydrogen-bond acceptors (Lipinski definition) is 9. The second-order valence-corrected chi connectivity index (χ2v) is 12.5. The molecule has 12 atom stereocenters. The van der Waals surface area contributed by atoms with Gasteiger partial charge in [-0.1, -0.05) is 25.5 Å². The number of aliphatic hydroxyl groups excluding tert-OH is 4. The molecule has 5 rings (SSSR count). The van der Waals surface area contributed by atoms with Crippen molar-refractivity contribution in [1.82, 2.24) is 0 Å². The average Bonchev–Trinajstić information content (AvgIpc) is 3.09. The van der Waals surface area contributed by atoms with Crippen molar-refractivity contribution < 1.29 is 49.0 Å². The molecule has 3 saturated carbocycles. The topological polar surface area (TPSA) is 154 Å². The molecular formula is C28H39FO9. The number of aliphatic hydroxyl groups is 5. The molecule has 5 N–H and O–H groups in total. The number of halogens is 1. The quantitative estimate of drug-likeness (QED) is 0.341. The monoisotopic (exact) mass is 538 g/mol. The van der Waals surface area contributed by atoms with Crippen LogP contribution in [0.15, 0.2) is 23.8 Å². The van der Waals surface area contributed by atoms with E-state index in [2.05, 4.69) is 0 Å². The van der Waals surface area contributed by atoms with Gasteiger partial charge in [0.25, 0.3) is 0 Å². The number of fused-ring (bicyclic) bond motifs is 5. The molecule has 10 heteroatoms. The molecule has 0 aromatic heterocycles. The van der Waals surface area contributed by atoms with Gasteiger partial charge in [-0.3, -0.25) is 9.59 Å². The van der Waals surface area contributed by atoms with E-state index in [1.54, 1.807) is 19.1 Å². The molecule has 38 heavy (non-hydrogen) atoms. The first-order valence-corrected chi connectivity index (χ1v) is 13.6. The van der Waals surface area contributed by atoms with E-state index in [1.165, 1.54) is 6.08 Å². The van der Waals surface area contributed by atoms with E-state index >= 15 is 4.39 Å². The van der Waals surface area contributed by atoms with Crippen LogP contribution < -0.4 is 0 Å². The third kappa shape index (κ3) is 3.61. The lowest BCUT2D eigenvalue weighted by molar-refractivity contribution is -0.300. The van der Waals surface area contributed by atoms with E-state index < -0.39 is 83.6 Å². The number of alkyl halides is 1. The van der Waals surface area contributed by atoms with Crippen LogP contribution in [0, 0.1) is 28.6 Å². The van der Waals surface area contributed by atoms with Crippen molar-refractivity contribution in [1.29, 1.82) is 0 Å². The van der Waals surface area contributed by atoms with Gasteiger partial charge in [0.2, 0.25) is 0 Å². The van der Waals surface area contributed by atoms with Crippen molar-refractivity contribution in [3.8, 4) is 0 Å². The van der Waals surface area contributed by atoms with Crippen molar-refractivity contribution in [2.24, 2.45) is 28.6 Å². The van der Waals surface area contributed by atoms with Crippen LogP contribution in [0.2, 0.25) is 0 Å². The standard InChI is InChI=1S/C28H39FO9/c1-14-10-18-17-5-4-15-11-16(31)6-7-25(15,2)27(17,29)9-8-26(18,3)28(14,36)20(32)13-37-24-23(35)22(34)21(33)19(12-30)38-24/h6-7,11,14,17-19,21-24,30,33-36H,4-5,8-10,12-13H2,1-3H3/t14?,17-,18-,19+,21-,22-,23+,24+,25-,26-,27+,28-/m0/s1. The van der Waals surface area contributed by atoms with Crippen LogP contribution >= 0.6 is 0 Å². The molecule has 4 fully saturated rings. The molecule has 0 spiro atoms. The smallest absolute Gasteiger partial charge is 0.190 e. The molecule has 1 saturated heterocycles. The third-order valence-corrected chi connectivity index (χ3v) is 10.9. The van der Waals surface area contributed by atoms with Gasteiger partial charge in [-0.2, -0.15) is 0 Å². The van der Waals surface area contributed by atoms with Gasteiger partial charge in [0.15, 0.2) is 17.9 Å². The largest absolute Gasteiger partial charge is 0.394 e. The van der Waals surface area contributed by atoms with Gasteiger partial charge >= 0.3 is 0 Å². The van der Waals surface area contributed by atoms with Gasteiger partial charge in [0, 0.05) is 10.8 Å². The van der Waals surface area contributed by atoms with Gasteiger partial charge < -0.3 is 35.0 Å². The summed E-state index contributed by atoms with van der Waals surface area (Å²) in [5, 5.41) is 51.7. The van der Waals surface area contributed by atoms with Crippen LogP contribution in [-0.4, -0.2) is 92.3 Å². The Morgan fingerprint density at radius 3 is 2.55 bits per heavy atom. The molecular weight excluding hydrogens is 499 g/mol. The summed E-state index contributed by atoms with van der Waals surface area (Å²) >= 11 is 0. The second-order valence-electron chi connectivity index (χ2n) is 12.5. The SMILES string of the molecule is CC1C[C@H]2[C@@H]3CCC4=CC(=O)C=C[C@]4(C)[C@@]3(F)CC[C@]2(C)[C@@]1(O)C(=O)CO[C@@H]1O[C@H](CO)[C@H](O)[C@H](O)[C@H]1O. The lowest BCUT2D eigenvalue weighted by atomic mass is 9.45. The number of carbonyl (C=O) groups excluding carboxylic acids is 2. The predicted octanol–water partition coefficient (Wildman–Crippen LogP) is 0.749. The molecule has 5 aliphatic rings. The van der Waals surface area contributed by atoms with Crippen LogP contribution in [0.4, 0.5) is 4.39 Å². The fourth-order valence-corrected chi connectivity index (χ4v) is 8.50. The highest BCUT2D eigenvalue weighted by Crippen LogP contribution is 2.70. The molecule has 9 nitrogen and oxygen atoms in total. The second kappa shape index (κ2) is 9.26. The highest BCUT2D eigenvalue weighted by Gasteiger charge is 2.72. The minimum atomic E-state index is -1.82. The predicted molar refractivity (Wildman–Crippen MR) is 131 cm³/mol. The fourth-order valence-electron chi connectivity index (χ4n) is 8.50. The van der Waals surface area contributed by atoms with E-state index in [1.807, 2.05) is 13.8 Å². The van der Waals surface area contributed by atoms with Crippen molar-refractivity contribution in [2.75, 3.05) is 13.2 Å². The number of hydrogen-bond donors (Lipinski definition) is 5. The Morgan fingerprint density at radius 2 is 1.87 bits per heavy atom. The molecule has 4 aliphatic carbocycles. The van der Waals surface area contributed by atoms with Crippen molar-refractivity contribution in [3.63, 3.8) is 0 Å². The summed E-state index contributed by atoms with van der Waals surface area (Å²) in [5.41, 5.74) is -4.46. The van der Waals surface area contributed by atoms with Crippen LogP contribution in [0.25, 0.3) is 0 Å². The molecule has 1 heterocycles. The first-order valence-electron chi connectivity index (χ1n) is 13.6. The maximum Gasteiger partial charge on any atom is 0.190 e. The average molecular weight is 539 g/mol. The Morgan fingerprint density at radius 1 is 1.16 bits per heavy atom. The minimum Gasteiger partial charge on any atom is -0.394 e. The zero-order valence-electron chi connectivity index (χ0n) is 22.0. The van der Waals surface area contributed by atoms with Crippen LogP contribution in [0.1, 0.15) is 52.9 Å². The third-order valence-electron chi connectivity index (χ3n) is 10.9. The van der Waals surface area contributed by atoms with Crippen molar-refractivity contribution in [3.05, 3.63) is 23.8 Å². The maximum atomic E-state index is 17.1. The number of Topliss-reactive ketones (excluding diaryl/α,β-unsaturated/α-hetero) is 1. The number of rotatable bonds is 5. The summed E-state index contributed by atoms with van der Waals surface area (Å²) in [6.07, 6.45) is -0.905. The summed E-state index contributed by atoms with van der Waals surface area (Å²) in [6, 6.07) is 0. The van der Waals surface area contributed by atoms with Crippen molar-refractivity contribution >= 4 is 11.6 Å². The maximum absolute atomic E-state index is 17.1. The number of ketones is 2. The lowest BCUT2D eigenvalue weighted by Gasteiger charge is -2.61. The summed E-state index contributed by atoms with van der Waals surface area (Å²) in [6.45, 7) is 4.21. The van der Waals surface area contributed by atoms with E-state index in [9.17, 15) is 35.1 Å². The summed E-state index contributed by atoms with van der Waals surface area (Å²) < 4.78 is 28.0. The molecule has 0 amide bonds. The van der Waals surface area contributed by atoms with E-state index in [0.717, 1.165) is 5.57 Å². The Hall–Kier alpha value is -1.53. The molecule has 212 valence electrons. The van der Waals surface area contributed by atoms with Gasteiger partial charge in [-0.05, 0) is 68.9 Å². The Labute approximate surface area is 221 Å². The fraction of sp³-hybridized carbons (Fsp3) is 0.786.